The Labute approximate surface area is 119 Å². The van der Waals surface area contributed by atoms with Crippen LogP contribution in [0.4, 0.5) is 0 Å². The molecule has 1 N–H and O–H groups in total. The molecule has 0 saturated carbocycles. The van der Waals surface area contributed by atoms with Crippen LogP contribution in [0.3, 0.4) is 0 Å². The van der Waals surface area contributed by atoms with E-state index in [1.54, 1.807) is 0 Å². The van der Waals surface area contributed by atoms with Crippen LogP contribution in [0, 0.1) is 12.8 Å². The van der Waals surface area contributed by atoms with Crippen molar-refractivity contribution in [3.8, 4) is 0 Å². The molecule has 1 unspecified atom stereocenters. The molecule has 0 aliphatic carbocycles. The topological polar surface area (TPSA) is 15.3 Å². The lowest BCUT2D eigenvalue weighted by Crippen LogP contribution is -2.42. The Morgan fingerprint density at radius 3 is 2.26 bits per heavy atom. The molecule has 0 bridgehead atoms. The molecular weight excluding hydrogens is 232 g/mol. The van der Waals surface area contributed by atoms with Gasteiger partial charge in [0.05, 0.1) is 0 Å². The maximum absolute atomic E-state index is 3.63. The Bertz CT molecular complexity index is 356. The predicted molar refractivity (Wildman–Crippen MR) is 84.4 cm³/mol. The van der Waals surface area contributed by atoms with Crippen molar-refractivity contribution in [1.29, 1.82) is 0 Å². The molecule has 19 heavy (non-hydrogen) atoms. The van der Waals surface area contributed by atoms with Gasteiger partial charge in [0.2, 0.25) is 0 Å². The summed E-state index contributed by atoms with van der Waals surface area (Å²) in [6.07, 6.45) is 2.51. The van der Waals surface area contributed by atoms with E-state index in [1.807, 2.05) is 0 Å². The molecule has 0 aromatic heterocycles. The van der Waals surface area contributed by atoms with Crippen LogP contribution in [0.5, 0.6) is 0 Å². The van der Waals surface area contributed by atoms with Gasteiger partial charge < -0.3 is 10.2 Å². The lowest BCUT2D eigenvalue weighted by Gasteiger charge is -2.31. The molecule has 1 atom stereocenters. The molecule has 0 fully saturated rings. The summed E-state index contributed by atoms with van der Waals surface area (Å²) in [6.45, 7) is 8.81. The molecule has 0 amide bonds. The average molecular weight is 262 g/mol. The zero-order valence-corrected chi connectivity index (χ0v) is 13.2. The van der Waals surface area contributed by atoms with E-state index in [4.69, 9.17) is 0 Å². The molecule has 1 aromatic rings. The summed E-state index contributed by atoms with van der Waals surface area (Å²) in [5, 5.41) is 3.63. The molecular formula is C17H30N2. The Morgan fingerprint density at radius 2 is 1.74 bits per heavy atom. The van der Waals surface area contributed by atoms with Crippen LogP contribution in [-0.4, -0.2) is 31.6 Å². The van der Waals surface area contributed by atoms with Gasteiger partial charge in [0.25, 0.3) is 0 Å². The number of hydrogen-bond donors (Lipinski definition) is 1. The molecule has 0 radical (unpaired) electrons. The highest BCUT2D eigenvalue weighted by atomic mass is 15.1. The maximum Gasteiger partial charge on any atom is 0.0242 e. The quantitative estimate of drug-likeness (QED) is 0.772. The summed E-state index contributed by atoms with van der Waals surface area (Å²) < 4.78 is 0. The number of nitrogens with one attached hydrogen (secondary N) is 1. The Hall–Kier alpha value is -0.860. The van der Waals surface area contributed by atoms with E-state index in [0.29, 0.717) is 6.04 Å². The zero-order valence-electron chi connectivity index (χ0n) is 13.2. The van der Waals surface area contributed by atoms with Gasteiger partial charge in [-0.25, -0.2) is 0 Å². The first kappa shape index (κ1) is 16.2. The van der Waals surface area contributed by atoms with Gasteiger partial charge in [-0.3, -0.25) is 0 Å². The second-order valence-electron chi connectivity index (χ2n) is 5.66. The summed E-state index contributed by atoms with van der Waals surface area (Å²) in [5.41, 5.74) is 2.78. The molecule has 0 saturated heterocycles. The van der Waals surface area contributed by atoms with Crippen LogP contribution < -0.4 is 5.32 Å². The van der Waals surface area contributed by atoms with Crippen molar-refractivity contribution in [1.82, 2.24) is 10.2 Å². The summed E-state index contributed by atoms with van der Waals surface area (Å²) in [7, 11) is 4.39. The summed E-state index contributed by atoms with van der Waals surface area (Å²) in [4.78, 5) is 2.36. The molecule has 2 heteroatoms. The fourth-order valence-electron chi connectivity index (χ4n) is 2.77. The summed E-state index contributed by atoms with van der Waals surface area (Å²) in [5.74, 6) is 0.777. The van der Waals surface area contributed by atoms with Crippen LogP contribution in [0.1, 0.15) is 37.8 Å². The van der Waals surface area contributed by atoms with Crippen molar-refractivity contribution >= 4 is 0 Å². The second kappa shape index (κ2) is 8.34. The normalized spacial score (nSPS) is 13.2. The van der Waals surface area contributed by atoms with E-state index in [1.165, 1.54) is 24.0 Å². The van der Waals surface area contributed by atoms with Gasteiger partial charge in [-0.2, -0.15) is 0 Å². The summed E-state index contributed by atoms with van der Waals surface area (Å²) >= 11 is 0. The summed E-state index contributed by atoms with van der Waals surface area (Å²) in [6, 6.07) is 9.24. The first-order chi connectivity index (χ1) is 9.10. The fraction of sp³-hybridized carbons (Fsp3) is 0.647. The van der Waals surface area contributed by atoms with E-state index in [2.05, 4.69) is 69.3 Å². The van der Waals surface area contributed by atoms with Crippen molar-refractivity contribution in [2.24, 2.45) is 5.92 Å². The highest BCUT2D eigenvalue weighted by Crippen LogP contribution is 2.16. The first-order valence-electron chi connectivity index (χ1n) is 7.51. The van der Waals surface area contributed by atoms with Gasteiger partial charge in [-0.15, -0.1) is 0 Å². The van der Waals surface area contributed by atoms with Crippen LogP contribution in [0.15, 0.2) is 24.3 Å². The van der Waals surface area contributed by atoms with Crippen LogP contribution >= 0.6 is 0 Å². The van der Waals surface area contributed by atoms with Crippen molar-refractivity contribution in [3.63, 3.8) is 0 Å². The van der Waals surface area contributed by atoms with E-state index in [-0.39, 0.29) is 0 Å². The van der Waals surface area contributed by atoms with E-state index in [0.717, 1.165) is 19.0 Å². The smallest absolute Gasteiger partial charge is 0.0242 e. The highest BCUT2D eigenvalue weighted by Gasteiger charge is 2.19. The molecule has 0 heterocycles. The third-order valence-electron chi connectivity index (χ3n) is 4.19. The minimum Gasteiger partial charge on any atom is -0.311 e. The van der Waals surface area contributed by atoms with Gasteiger partial charge in [0, 0.05) is 19.1 Å². The number of likely N-dealkylation sites (N-methyl/N-ethyl adjacent to an activating group) is 1. The van der Waals surface area contributed by atoms with Crippen LogP contribution in [-0.2, 0) is 6.54 Å². The Kier molecular flexibility index (Phi) is 7.11. The van der Waals surface area contributed by atoms with Crippen molar-refractivity contribution in [2.45, 2.75) is 46.2 Å². The molecule has 1 rings (SSSR count). The number of aryl methyl sites for hydroxylation is 1. The van der Waals surface area contributed by atoms with E-state index < -0.39 is 0 Å². The average Bonchev–Trinajstić information content (AvgIpc) is 2.40. The van der Waals surface area contributed by atoms with Crippen molar-refractivity contribution in [3.05, 3.63) is 35.4 Å². The third-order valence-corrected chi connectivity index (χ3v) is 4.19. The largest absolute Gasteiger partial charge is 0.311 e. The predicted octanol–water partition coefficient (Wildman–Crippen LogP) is 3.45. The Morgan fingerprint density at radius 1 is 1.11 bits per heavy atom. The molecule has 108 valence electrons. The highest BCUT2D eigenvalue weighted by molar-refractivity contribution is 5.25. The van der Waals surface area contributed by atoms with Gasteiger partial charge >= 0.3 is 0 Å². The van der Waals surface area contributed by atoms with E-state index in [9.17, 15) is 0 Å². The van der Waals surface area contributed by atoms with Gasteiger partial charge in [-0.05, 0) is 38.1 Å². The van der Waals surface area contributed by atoms with Gasteiger partial charge in [0.15, 0.2) is 0 Å². The number of hydrogen-bond acceptors (Lipinski definition) is 2. The molecule has 0 aliphatic heterocycles. The first-order valence-corrected chi connectivity index (χ1v) is 7.51. The minimum absolute atomic E-state index is 0.624. The van der Waals surface area contributed by atoms with Gasteiger partial charge in [-0.1, -0.05) is 51.0 Å². The third kappa shape index (κ3) is 4.96. The van der Waals surface area contributed by atoms with Crippen LogP contribution in [0.25, 0.3) is 0 Å². The molecule has 1 aromatic carbocycles. The molecule has 0 spiro atoms. The minimum atomic E-state index is 0.624. The Balaban J connectivity index is 2.51. The van der Waals surface area contributed by atoms with Crippen LogP contribution in [0.2, 0.25) is 0 Å². The molecule has 2 nitrogen and oxygen atoms in total. The number of nitrogens with zero attached hydrogens (tertiary/aromatic N) is 1. The SMILES string of the molecule is CCC(CC)C(CNCc1ccccc1C)N(C)C. The second-order valence-corrected chi connectivity index (χ2v) is 5.66. The fourth-order valence-corrected chi connectivity index (χ4v) is 2.77. The molecule has 0 aliphatic rings. The zero-order chi connectivity index (χ0) is 14.3. The van der Waals surface area contributed by atoms with Crippen molar-refractivity contribution in [2.75, 3.05) is 20.6 Å². The monoisotopic (exact) mass is 262 g/mol. The van der Waals surface area contributed by atoms with Crippen molar-refractivity contribution < 1.29 is 0 Å². The maximum atomic E-state index is 3.63. The lowest BCUT2D eigenvalue weighted by molar-refractivity contribution is 0.194. The number of benzene rings is 1. The van der Waals surface area contributed by atoms with Gasteiger partial charge in [0.1, 0.15) is 0 Å². The van der Waals surface area contributed by atoms with E-state index >= 15 is 0 Å². The number of rotatable bonds is 8. The lowest BCUT2D eigenvalue weighted by atomic mass is 9.93. The standard InChI is InChI=1S/C17H30N2/c1-6-15(7-2)17(19(4)5)13-18-12-16-11-9-8-10-14(16)3/h8-11,15,17-18H,6-7,12-13H2,1-5H3.